The van der Waals surface area contributed by atoms with E-state index in [1.165, 1.54) is 12.1 Å². The minimum atomic E-state index is -0.441. The smallest absolute Gasteiger partial charge is 0.269 e. The molecule has 1 unspecified atom stereocenters. The Morgan fingerprint density at radius 2 is 2.05 bits per heavy atom. The molecule has 1 heterocycles. The van der Waals surface area contributed by atoms with Gasteiger partial charge in [-0.1, -0.05) is 13.0 Å². The molecule has 0 fully saturated rings. The second-order valence-corrected chi connectivity index (χ2v) is 4.53. The first kappa shape index (κ1) is 14.9. The summed E-state index contributed by atoms with van der Waals surface area (Å²) in [6, 6.07) is 9.85. The zero-order valence-corrected chi connectivity index (χ0v) is 11.9. The van der Waals surface area contributed by atoms with Gasteiger partial charge in [-0.25, -0.2) is 4.98 Å². The first-order valence-electron chi connectivity index (χ1n) is 6.72. The number of non-ortho nitro benzene ring substituents is 1. The van der Waals surface area contributed by atoms with Crippen LogP contribution in [0.1, 0.15) is 25.5 Å². The maximum Gasteiger partial charge on any atom is 0.269 e. The van der Waals surface area contributed by atoms with Crippen LogP contribution in [0.5, 0.6) is 11.6 Å². The maximum absolute atomic E-state index is 10.6. The van der Waals surface area contributed by atoms with Crippen molar-refractivity contribution < 1.29 is 9.66 Å². The van der Waals surface area contributed by atoms with E-state index in [9.17, 15) is 10.1 Å². The number of rotatable bonds is 6. The minimum Gasteiger partial charge on any atom is -0.439 e. The molecule has 0 saturated heterocycles. The molecule has 0 aliphatic heterocycles. The second kappa shape index (κ2) is 6.81. The molecule has 0 spiro atoms. The number of hydrogen-bond acceptors (Lipinski definition) is 5. The molecule has 0 saturated carbocycles. The van der Waals surface area contributed by atoms with Crippen LogP contribution in [0.4, 0.5) is 5.69 Å². The van der Waals surface area contributed by atoms with Gasteiger partial charge < -0.3 is 10.1 Å². The largest absolute Gasteiger partial charge is 0.439 e. The van der Waals surface area contributed by atoms with Crippen molar-refractivity contribution in [3.8, 4) is 11.6 Å². The van der Waals surface area contributed by atoms with Crippen LogP contribution in [0.25, 0.3) is 0 Å². The van der Waals surface area contributed by atoms with Crippen LogP contribution in [0, 0.1) is 10.1 Å². The van der Waals surface area contributed by atoms with Gasteiger partial charge in [0, 0.05) is 29.9 Å². The van der Waals surface area contributed by atoms with E-state index in [0.717, 1.165) is 12.1 Å². The third-order valence-corrected chi connectivity index (χ3v) is 3.04. The van der Waals surface area contributed by atoms with Crippen LogP contribution in [0.15, 0.2) is 42.6 Å². The SMILES string of the molecule is CCNC(C)c1cccnc1Oc1ccc([N+](=O)[O-])cc1. The Bertz CT molecular complexity index is 614. The van der Waals surface area contributed by atoms with Crippen molar-refractivity contribution in [1.82, 2.24) is 10.3 Å². The van der Waals surface area contributed by atoms with Crippen molar-refractivity contribution in [1.29, 1.82) is 0 Å². The fourth-order valence-electron chi connectivity index (χ4n) is 1.98. The molecule has 0 radical (unpaired) electrons. The number of pyridine rings is 1. The monoisotopic (exact) mass is 287 g/mol. The van der Waals surface area contributed by atoms with Crippen LogP contribution < -0.4 is 10.1 Å². The number of nitro groups is 1. The Balaban J connectivity index is 2.21. The fourth-order valence-corrected chi connectivity index (χ4v) is 1.98. The van der Waals surface area contributed by atoms with E-state index >= 15 is 0 Å². The quantitative estimate of drug-likeness (QED) is 0.650. The minimum absolute atomic E-state index is 0.0320. The van der Waals surface area contributed by atoms with Gasteiger partial charge in [0.1, 0.15) is 5.75 Å². The lowest BCUT2D eigenvalue weighted by atomic mass is 10.1. The standard InChI is InChI=1S/C15H17N3O3/c1-3-16-11(2)14-5-4-10-17-15(14)21-13-8-6-12(7-9-13)18(19)20/h4-11,16H,3H2,1-2H3. The first-order valence-corrected chi connectivity index (χ1v) is 6.72. The van der Waals surface area contributed by atoms with Crippen LogP contribution in [-0.4, -0.2) is 16.5 Å². The van der Waals surface area contributed by atoms with Crippen molar-refractivity contribution in [3.63, 3.8) is 0 Å². The number of nitrogens with one attached hydrogen (secondary N) is 1. The molecule has 6 nitrogen and oxygen atoms in total. The predicted octanol–water partition coefficient (Wildman–Crippen LogP) is 3.45. The van der Waals surface area contributed by atoms with Crippen molar-refractivity contribution >= 4 is 5.69 Å². The van der Waals surface area contributed by atoms with Gasteiger partial charge in [0.2, 0.25) is 5.88 Å². The van der Waals surface area contributed by atoms with Crippen molar-refractivity contribution in [2.45, 2.75) is 19.9 Å². The van der Waals surface area contributed by atoms with E-state index in [4.69, 9.17) is 4.74 Å². The number of nitro benzene ring substituents is 1. The highest BCUT2D eigenvalue weighted by Gasteiger charge is 2.13. The van der Waals surface area contributed by atoms with Crippen LogP contribution in [0.3, 0.4) is 0 Å². The van der Waals surface area contributed by atoms with Crippen molar-refractivity contribution in [2.75, 3.05) is 6.54 Å². The predicted molar refractivity (Wildman–Crippen MR) is 79.5 cm³/mol. The van der Waals surface area contributed by atoms with Crippen LogP contribution in [0.2, 0.25) is 0 Å². The molecule has 1 aromatic carbocycles. The van der Waals surface area contributed by atoms with Gasteiger partial charge in [-0.3, -0.25) is 10.1 Å². The molecule has 110 valence electrons. The first-order chi connectivity index (χ1) is 10.1. The van der Waals surface area contributed by atoms with Crippen molar-refractivity contribution in [2.24, 2.45) is 0 Å². The molecule has 1 atom stereocenters. The van der Waals surface area contributed by atoms with Crippen molar-refractivity contribution in [3.05, 3.63) is 58.3 Å². The molecule has 0 amide bonds. The molecule has 0 aliphatic carbocycles. The van der Waals surface area contributed by atoms with Gasteiger partial charge in [0.15, 0.2) is 0 Å². The summed E-state index contributed by atoms with van der Waals surface area (Å²) < 4.78 is 5.74. The summed E-state index contributed by atoms with van der Waals surface area (Å²) in [5, 5.41) is 13.9. The normalized spacial score (nSPS) is 11.9. The summed E-state index contributed by atoms with van der Waals surface area (Å²) in [6.07, 6.45) is 1.66. The topological polar surface area (TPSA) is 77.3 Å². The highest BCUT2D eigenvalue weighted by molar-refractivity contribution is 5.39. The van der Waals surface area contributed by atoms with Gasteiger partial charge in [0.05, 0.1) is 4.92 Å². The second-order valence-electron chi connectivity index (χ2n) is 4.53. The highest BCUT2D eigenvalue weighted by Crippen LogP contribution is 2.28. The molecular weight excluding hydrogens is 270 g/mol. The molecule has 1 N–H and O–H groups in total. The summed E-state index contributed by atoms with van der Waals surface area (Å²) in [6.45, 7) is 4.90. The average Bonchev–Trinajstić information content (AvgIpc) is 2.48. The molecule has 2 aromatic rings. The fraction of sp³-hybridized carbons (Fsp3) is 0.267. The lowest BCUT2D eigenvalue weighted by molar-refractivity contribution is -0.384. The molecular formula is C15H17N3O3. The van der Waals surface area contributed by atoms with Crippen LogP contribution in [-0.2, 0) is 0 Å². The number of aromatic nitrogens is 1. The third-order valence-electron chi connectivity index (χ3n) is 3.04. The molecule has 21 heavy (non-hydrogen) atoms. The molecule has 0 bridgehead atoms. The molecule has 6 heteroatoms. The Hall–Kier alpha value is -2.47. The van der Waals surface area contributed by atoms with Gasteiger partial charge >= 0.3 is 0 Å². The van der Waals surface area contributed by atoms with Crippen LogP contribution >= 0.6 is 0 Å². The van der Waals surface area contributed by atoms with E-state index < -0.39 is 4.92 Å². The lowest BCUT2D eigenvalue weighted by Gasteiger charge is -2.16. The average molecular weight is 287 g/mol. The van der Waals surface area contributed by atoms with Gasteiger partial charge in [0.25, 0.3) is 5.69 Å². The Labute approximate surface area is 122 Å². The van der Waals surface area contributed by atoms with E-state index in [-0.39, 0.29) is 11.7 Å². The van der Waals surface area contributed by atoms with E-state index in [1.807, 2.05) is 26.0 Å². The van der Waals surface area contributed by atoms with Gasteiger partial charge in [-0.05, 0) is 31.7 Å². The maximum atomic E-state index is 10.6. The third kappa shape index (κ3) is 3.76. The Kier molecular flexibility index (Phi) is 4.84. The molecule has 2 rings (SSSR count). The molecule has 0 aliphatic rings. The summed E-state index contributed by atoms with van der Waals surface area (Å²) in [7, 11) is 0. The summed E-state index contributed by atoms with van der Waals surface area (Å²) >= 11 is 0. The zero-order chi connectivity index (χ0) is 15.2. The van der Waals surface area contributed by atoms with Gasteiger partial charge in [-0.2, -0.15) is 0 Å². The van der Waals surface area contributed by atoms with Gasteiger partial charge in [-0.15, -0.1) is 0 Å². The Morgan fingerprint density at radius 3 is 2.67 bits per heavy atom. The number of benzene rings is 1. The number of hydrogen-bond donors (Lipinski definition) is 1. The lowest BCUT2D eigenvalue weighted by Crippen LogP contribution is -2.18. The molecule has 1 aromatic heterocycles. The summed E-state index contributed by atoms with van der Waals surface area (Å²) in [5.41, 5.74) is 0.974. The summed E-state index contributed by atoms with van der Waals surface area (Å²) in [4.78, 5) is 14.4. The number of ether oxygens (including phenoxy) is 1. The summed E-state index contributed by atoms with van der Waals surface area (Å²) in [5.74, 6) is 1.02. The van der Waals surface area contributed by atoms with E-state index in [0.29, 0.717) is 11.6 Å². The Morgan fingerprint density at radius 1 is 1.33 bits per heavy atom. The zero-order valence-electron chi connectivity index (χ0n) is 11.9. The number of nitrogens with zero attached hydrogens (tertiary/aromatic N) is 2. The highest BCUT2D eigenvalue weighted by atomic mass is 16.6. The van der Waals surface area contributed by atoms with E-state index in [1.54, 1.807) is 18.3 Å². The van der Waals surface area contributed by atoms with E-state index in [2.05, 4.69) is 10.3 Å².